The van der Waals surface area contributed by atoms with Crippen molar-refractivity contribution in [3.05, 3.63) is 89.5 Å². The Kier molecular flexibility index (Phi) is 7.77. The summed E-state index contributed by atoms with van der Waals surface area (Å²) >= 11 is 1.45. The van der Waals surface area contributed by atoms with Crippen molar-refractivity contribution in [1.29, 1.82) is 0 Å². The van der Waals surface area contributed by atoms with E-state index in [9.17, 15) is 13.2 Å². The summed E-state index contributed by atoms with van der Waals surface area (Å²) in [6.07, 6.45) is 1.89. The molecule has 0 saturated heterocycles. The molecule has 32 heavy (non-hydrogen) atoms. The number of hydrogen-bond donors (Lipinski definition) is 2. The van der Waals surface area contributed by atoms with Crippen LogP contribution in [0, 0.1) is 12.8 Å². The zero-order chi connectivity index (χ0) is 23.3. The average molecular weight is 469 g/mol. The molecule has 0 unspecified atom stereocenters. The van der Waals surface area contributed by atoms with Crippen LogP contribution < -0.4 is 10.0 Å². The largest absolute Gasteiger partial charge is 0.325 e. The van der Waals surface area contributed by atoms with Crippen LogP contribution in [0.25, 0.3) is 0 Å². The van der Waals surface area contributed by atoms with Gasteiger partial charge in [0.25, 0.3) is 0 Å². The maximum atomic E-state index is 13.4. The Morgan fingerprint density at radius 1 is 0.938 bits per heavy atom. The zero-order valence-electron chi connectivity index (χ0n) is 18.6. The Labute approximate surface area is 194 Å². The first-order valence-corrected chi connectivity index (χ1v) is 13.1. The van der Waals surface area contributed by atoms with E-state index in [-0.39, 0.29) is 16.7 Å². The number of hydrogen-bond acceptors (Lipinski definition) is 4. The van der Waals surface area contributed by atoms with E-state index in [0.29, 0.717) is 5.69 Å². The molecule has 3 aromatic rings. The maximum absolute atomic E-state index is 13.4. The SMILES string of the molecule is CSc1ccc(S(=O)(=O)N[C@@H](c2ccccc2)c2ccccc2C)cc1NC(=O)C(C)C. The van der Waals surface area contributed by atoms with Crippen LogP contribution in [-0.4, -0.2) is 20.6 Å². The second-order valence-corrected chi connectivity index (χ2v) is 10.4. The number of thioether (sulfide) groups is 1. The van der Waals surface area contributed by atoms with Gasteiger partial charge in [0.15, 0.2) is 0 Å². The second-order valence-electron chi connectivity index (χ2n) is 7.83. The highest BCUT2D eigenvalue weighted by molar-refractivity contribution is 7.98. The molecular weight excluding hydrogens is 440 g/mol. The van der Waals surface area contributed by atoms with Crippen LogP contribution in [0.15, 0.2) is 82.6 Å². The van der Waals surface area contributed by atoms with Crippen molar-refractivity contribution >= 4 is 33.4 Å². The van der Waals surface area contributed by atoms with Crippen molar-refractivity contribution < 1.29 is 13.2 Å². The molecule has 168 valence electrons. The van der Waals surface area contributed by atoms with E-state index in [1.54, 1.807) is 26.0 Å². The van der Waals surface area contributed by atoms with E-state index in [0.717, 1.165) is 21.6 Å². The molecule has 0 fully saturated rings. The molecule has 0 bridgehead atoms. The molecule has 0 aliphatic rings. The molecule has 0 spiro atoms. The minimum atomic E-state index is -3.89. The smallest absolute Gasteiger partial charge is 0.241 e. The molecule has 1 amide bonds. The highest BCUT2D eigenvalue weighted by atomic mass is 32.2. The van der Waals surface area contributed by atoms with Crippen molar-refractivity contribution in [2.24, 2.45) is 5.92 Å². The summed E-state index contributed by atoms with van der Waals surface area (Å²) in [7, 11) is -3.89. The third-order valence-electron chi connectivity index (χ3n) is 5.17. The lowest BCUT2D eigenvalue weighted by Gasteiger charge is -2.22. The minimum absolute atomic E-state index is 0.101. The first-order valence-electron chi connectivity index (χ1n) is 10.3. The van der Waals surface area contributed by atoms with Crippen LogP contribution in [0.2, 0.25) is 0 Å². The number of rotatable bonds is 8. The summed E-state index contributed by atoms with van der Waals surface area (Å²) in [6.45, 7) is 5.55. The number of nitrogens with one attached hydrogen (secondary N) is 2. The van der Waals surface area contributed by atoms with E-state index in [2.05, 4.69) is 10.0 Å². The topological polar surface area (TPSA) is 75.3 Å². The molecule has 5 nitrogen and oxygen atoms in total. The van der Waals surface area contributed by atoms with Gasteiger partial charge in [-0.2, -0.15) is 4.72 Å². The van der Waals surface area contributed by atoms with E-state index < -0.39 is 16.1 Å². The first kappa shape index (κ1) is 24.0. The van der Waals surface area contributed by atoms with Gasteiger partial charge in [-0.25, -0.2) is 8.42 Å². The van der Waals surface area contributed by atoms with Gasteiger partial charge >= 0.3 is 0 Å². The van der Waals surface area contributed by atoms with Crippen molar-refractivity contribution in [1.82, 2.24) is 4.72 Å². The highest BCUT2D eigenvalue weighted by Crippen LogP contribution is 2.31. The third-order valence-corrected chi connectivity index (χ3v) is 7.39. The fourth-order valence-electron chi connectivity index (χ4n) is 3.32. The molecule has 0 saturated carbocycles. The monoisotopic (exact) mass is 468 g/mol. The van der Waals surface area contributed by atoms with E-state index in [1.165, 1.54) is 17.8 Å². The third kappa shape index (κ3) is 5.59. The standard InChI is InChI=1S/C25H28N2O3S2/c1-17(2)25(28)26-22-16-20(14-15-23(22)31-4)32(29,30)27-24(19-11-6-5-7-12-19)21-13-9-8-10-18(21)3/h5-17,24,27H,1-4H3,(H,26,28)/t24-/m0/s1. The molecule has 1 atom stereocenters. The molecule has 3 aromatic carbocycles. The second kappa shape index (κ2) is 10.3. The number of amides is 1. The van der Waals surface area contributed by atoms with Gasteiger partial charge in [0.1, 0.15) is 0 Å². The van der Waals surface area contributed by atoms with Gasteiger partial charge in [-0.1, -0.05) is 68.4 Å². The summed E-state index contributed by atoms with van der Waals surface area (Å²) in [5, 5.41) is 2.85. The lowest BCUT2D eigenvalue weighted by Crippen LogP contribution is -2.30. The van der Waals surface area contributed by atoms with Crippen molar-refractivity contribution in [3.8, 4) is 0 Å². The van der Waals surface area contributed by atoms with Gasteiger partial charge in [0, 0.05) is 10.8 Å². The van der Waals surface area contributed by atoms with Gasteiger partial charge in [0.05, 0.1) is 16.6 Å². The summed E-state index contributed by atoms with van der Waals surface area (Å²) in [5.74, 6) is -0.378. The minimum Gasteiger partial charge on any atom is -0.325 e. The normalized spacial score (nSPS) is 12.5. The number of carbonyl (C=O) groups excluding carboxylic acids is 1. The van der Waals surface area contributed by atoms with Crippen LogP contribution in [0.5, 0.6) is 0 Å². The van der Waals surface area contributed by atoms with Crippen LogP contribution >= 0.6 is 11.8 Å². The van der Waals surface area contributed by atoms with Crippen molar-refractivity contribution in [3.63, 3.8) is 0 Å². The van der Waals surface area contributed by atoms with Crippen LogP contribution in [0.4, 0.5) is 5.69 Å². The van der Waals surface area contributed by atoms with E-state index in [4.69, 9.17) is 0 Å². The Morgan fingerprint density at radius 2 is 1.59 bits per heavy atom. The lowest BCUT2D eigenvalue weighted by atomic mass is 9.96. The quantitative estimate of drug-likeness (QED) is 0.435. The highest BCUT2D eigenvalue weighted by Gasteiger charge is 2.25. The van der Waals surface area contributed by atoms with Gasteiger partial charge in [-0.05, 0) is 48.1 Å². The van der Waals surface area contributed by atoms with Crippen LogP contribution in [0.3, 0.4) is 0 Å². The van der Waals surface area contributed by atoms with Gasteiger partial charge in [-0.15, -0.1) is 11.8 Å². The molecule has 2 N–H and O–H groups in total. The molecule has 0 aliphatic heterocycles. The lowest BCUT2D eigenvalue weighted by molar-refractivity contribution is -0.118. The molecule has 3 rings (SSSR count). The van der Waals surface area contributed by atoms with Crippen molar-refractivity contribution in [2.75, 3.05) is 11.6 Å². The fraction of sp³-hybridized carbons (Fsp3) is 0.240. The summed E-state index contributed by atoms with van der Waals surface area (Å²) in [4.78, 5) is 13.1. The Hall–Kier alpha value is -2.61. The number of sulfonamides is 1. The van der Waals surface area contributed by atoms with E-state index in [1.807, 2.05) is 67.8 Å². The summed E-state index contributed by atoms with van der Waals surface area (Å²) < 4.78 is 29.8. The number of aryl methyl sites for hydroxylation is 1. The van der Waals surface area contributed by atoms with Crippen LogP contribution in [0.1, 0.15) is 36.6 Å². The Morgan fingerprint density at radius 3 is 2.22 bits per heavy atom. The molecule has 0 aromatic heterocycles. The fourth-order valence-corrected chi connectivity index (χ4v) is 5.08. The number of carbonyl (C=O) groups is 1. The molecular formula is C25H28N2O3S2. The van der Waals surface area contributed by atoms with Crippen molar-refractivity contribution in [2.45, 2.75) is 36.6 Å². The summed E-state index contributed by atoms with van der Waals surface area (Å²) in [6, 6.07) is 21.5. The Bertz CT molecular complexity index is 1190. The molecule has 7 heteroatoms. The first-order chi connectivity index (χ1) is 15.2. The predicted octanol–water partition coefficient (Wildman–Crippen LogP) is 5.38. The van der Waals surface area contributed by atoms with Gasteiger partial charge < -0.3 is 5.32 Å². The Balaban J connectivity index is 2.02. The average Bonchev–Trinajstić information content (AvgIpc) is 2.78. The van der Waals surface area contributed by atoms with E-state index >= 15 is 0 Å². The summed E-state index contributed by atoms with van der Waals surface area (Å²) in [5.41, 5.74) is 3.22. The molecule has 0 radical (unpaired) electrons. The molecule has 0 aliphatic carbocycles. The maximum Gasteiger partial charge on any atom is 0.241 e. The molecule has 0 heterocycles. The number of anilines is 1. The van der Waals surface area contributed by atoms with Crippen LogP contribution in [-0.2, 0) is 14.8 Å². The zero-order valence-corrected chi connectivity index (χ0v) is 20.3. The van der Waals surface area contributed by atoms with Gasteiger partial charge in [0.2, 0.25) is 15.9 Å². The van der Waals surface area contributed by atoms with Gasteiger partial charge in [-0.3, -0.25) is 4.79 Å². The predicted molar refractivity (Wildman–Crippen MR) is 131 cm³/mol. The number of benzene rings is 3.